The minimum absolute atomic E-state index is 0.0983. The van der Waals surface area contributed by atoms with E-state index < -0.39 is 5.91 Å². The van der Waals surface area contributed by atoms with Gasteiger partial charge in [-0.15, -0.1) is 0 Å². The van der Waals surface area contributed by atoms with Gasteiger partial charge in [0.1, 0.15) is 5.69 Å². The van der Waals surface area contributed by atoms with E-state index in [1.807, 2.05) is 88.9 Å². The van der Waals surface area contributed by atoms with Crippen molar-refractivity contribution >= 4 is 33.4 Å². The van der Waals surface area contributed by atoms with Crippen LogP contribution in [-0.4, -0.2) is 43.9 Å². The van der Waals surface area contributed by atoms with Crippen LogP contribution in [-0.2, 0) is 13.1 Å². The summed E-state index contributed by atoms with van der Waals surface area (Å²) < 4.78 is 4.10. The van der Waals surface area contributed by atoms with E-state index >= 15 is 0 Å². The summed E-state index contributed by atoms with van der Waals surface area (Å²) in [6, 6.07) is 30.4. The van der Waals surface area contributed by atoms with Gasteiger partial charge in [-0.1, -0.05) is 72.8 Å². The summed E-state index contributed by atoms with van der Waals surface area (Å²) in [6.45, 7) is 2.77. The number of fused-ring (bicyclic) bond motifs is 2. The third kappa shape index (κ3) is 5.30. The first-order valence-electron chi connectivity index (χ1n) is 14.8. The molecule has 1 saturated heterocycles. The number of carbonyl (C=O) groups excluding carboxylic acids is 2. The van der Waals surface area contributed by atoms with Gasteiger partial charge in [0, 0.05) is 43.2 Å². The SMILES string of the molecule is NC(=O)c1cc(-c2cccc3ccccc23)cn1Cc1cncn1CC1CCN(C(=O)c2ccc3ccccc3c2)CC1. The molecule has 0 unspecified atom stereocenters. The number of piperidine rings is 1. The van der Waals surface area contributed by atoms with E-state index in [9.17, 15) is 9.59 Å². The molecule has 0 radical (unpaired) electrons. The smallest absolute Gasteiger partial charge is 0.265 e. The fraction of sp³-hybridized carbons (Fsp3) is 0.194. The van der Waals surface area contributed by atoms with E-state index in [1.54, 1.807) is 0 Å². The van der Waals surface area contributed by atoms with E-state index in [0.717, 1.165) is 76.4 Å². The highest BCUT2D eigenvalue weighted by Crippen LogP contribution is 2.31. The van der Waals surface area contributed by atoms with Gasteiger partial charge < -0.3 is 19.8 Å². The van der Waals surface area contributed by atoms with Gasteiger partial charge in [-0.2, -0.15) is 0 Å². The zero-order valence-electron chi connectivity index (χ0n) is 23.9. The van der Waals surface area contributed by atoms with Crippen LogP contribution in [0.4, 0.5) is 0 Å². The van der Waals surface area contributed by atoms with Gasteiger partial charge in [-0.3, -0.25) is 9.59 Å². The predicted octanol–water partition coefficient (Wildman–Crippen LogP) is 6.36. The number of hydrogen-bond donors (Lipinski definition) is 1. The number of likely N-dealkylation sites (tertiary alicyclic amines) is 1. The molecule has 0 saturated carbocycles. The lowest BCUT2D eigenvalue weighted by Gasteiger charge is -2.32. The number of carbonyl (C=O) groups is 2. The molecule has 1 aliphatic heterocycles. The predicted molar refractivity (Wildman–Crippen MR) is 170 cm³/mol. The molecule has 7 heteroatoms. The van der Waals surface area contributed by atoms with Crippen LogP contribution in [0.1, 0.15) is 39.4 Å². The average molecular weight is 568 g/mol. The van der Waals surface area contributed by atoms with Crippen molar-refractivity contribution in [2.45, 2.75) is 25.9 Å². The molecule has 3 heterocycles. The van der Waals surface area contributed by atoms with E-state index in [-0.39, 0.29) is 5.91 Å². The van der Waals surface area contributed by atoms with Crippen LogP contribution in [0, 0.1) is 5.92 Å². The molecule has 4 aromatic carbocycles. The maximum Gasteiger partial charge on any atom is 0.265 e. The third-order valence-electron chi connectivity index (χ3n) is 8.73. The maximum absolute atomic E-state index is 13.3. The lowest BCUT2D eigenvalue weighted by molar-refractivity contribution is 0.0682. The Kier molecular flexibility index (Phi) is 6.99. The largest absolute Gasteiger partial charge is 0.364 e. The van der Waals surface area contributed by atoms with Crippen molar-refractivity contribution < 1.29 is 9.59 Å². The minimum atomic E-state index is -0.457. The van der Waals surface area contributed by atoms with Crippen LogP contribution in [0.2, 0.25) is 0 Å². The molecule has 7 rings (SSSR count). The summed E-state index contributed by atoms with van der Waals surface area (Å²) in [4.78, 5) is 32.1. The second kappa shape index (κ2) is 11.2. The minimum Gasteiger partial charge on any atom is -0.364 e. The average Bonchev–Trinajstić information content (AvgIpc) is 3.67. The summed E-state index contributed by atoms with van der Waals surface area (Å²) in [5, 5.41) is 4.51. The molecule has 0 spiro atoms. The van der Waals surface area contributed by atoms with Crippen LogP contribution in [0.5, 0.6) is 0 Å². The number of aromatic nitrogens is 3. The number of amides is 2. The van der Waals surface area contributed by atoms with Crippen molar-refractivity contribution in [2.24, 2.45) is 11.7 Å². The van der Waals surface area contributed by atoms with Crippen LogP contribution in [0.15, 0.2) is 110 Å². The first kappa shape index (κ1) is 26.7. The van der Waals surface area contributed by atoms with Crippen molar-refractivity contribution in [3.8, 4) is 11.1 Å². The summed E-state index contributed by atoms with van der Waals surface area (Å²) in [7, 11) is 0. The molecule has 7 nitrogen and oxygen atoms in total. The van der Waals surface area contributed by atoms with Crippen molar-refractivity contribution in [3.63, 3.8) is 0 Å². The highest BCUT2D eigenvalue weighted by atomic mass is 16.2. The molecule has 1 aliphatic rings. The van der Waals surface area contributed by atoms with Gasteiger partial charge in [-0.05, 0) is 64.1 Å². The van der Waals surface area contributed by atoms with Gasteiger partial charge >= 0.3 is 0 Å². The van der Waals surface area contributed by atoms with Crippen LogP contribution < -0.4 is 5.73 Å². The number of nitrogens with two attached hydrogens (primary N) is 1. The fourth-order valence-electron chi connectivity index (χ4n) is 6.39. The highest BCUT2D eigenvalue weighted by Gasteiger charge is 2.25. The van der Waals surface area contributed by atoms with E-state index in [4.69, 9.17) is 5.73 Å². The molecule has 2 aromatic heterocycles. The Hall–Kier alpha value is -5.17. The number of imidazole rings is 1. The Morgan fingerprint density at radius 1 is 0.814 bits per heavy atom. The first-order valence-corrected chi connectivity index (χ1v) is 14.8. The third-order valence-corrected chi connectivity index (χ3v) is 8.73. The normalized spacial score (nSPS) is 14.0. The Balaban J connectivity index is 1.04. The lowest BCUT2D eigenvalue weighted by atomic mass is 9.96. The Bertz CT molecular complexity index is 1960. The molecule has 1 fully saturated rings. The molecule has 6 aromatic rings. The number of benzene rings is 4. The number of hydrogen-bond acceptors (Lipinski definition) is 3. The monoisotopic (exact) mass is 567 g/mol. The quantitative estimate of drug-likeness (QED) is 0.244. The Morgan fingerprint density at radius 2 is 1.56 bits per heavy atom. The number of nitrogens with zero attached hydrogens (tertiary/aromatic N) is 4. The fourth-order valence-corrected chi connectivity index (χ4v) is 6.39. The molecule has 43 heavy (non-hydrogen) atoms. The van der Waals surface area contributed by atoms with Crippen molar-refractivity contribution in [1.82, 2.24) is 19.0 Å². The van der Waals surface area contributed by atoms with Crippen LogP contribution >= 0.6 is 0 Å². The van der Waals surface area contributed by atoms with E-state index in [1.165, 1.54) is 0 Å². The Labute approximate surface area is 250 Å². The second-order valence-electron chi connectivity index (χ2n) is 11.5. The molecule has 0 atom stereocenters. The molecule has 0 aliphatic carbocycles. The van der Waals surface area contributed by atoms with E-state index in [0.29, 0.717) is 18.2 Å². The van der Waals surface area contributed by atoms with Crippen molar-refractivity contribution in [3.05, 3.63) is 127 Å². The molecular weight excluding hydrogens is 534 g/mol. The summed E-state index contributed by atoms with van der Waals surface area (Å²) >= 11 is 0. The lowest BCUT2D eigenvalue weighted by Crippen LogP contribution is -2.39. The van der Waals surface area contributed by atoms with Crippen LogP contribution in [0.25, 0.3) is 32.7 Å². The number of rotatable bonds is 7. The van der Waals surface area contributed by atoms with E-state index in [2.05, 4.69) is 39.9 Å². The summed E-state index contributed by atoms with van der Waals surface area (Å²) in [5.74, 6) is 0.0715. The maximum atomic E-state index is 13.3. The highest BCUT2D eigenvalue weighted by molar-refractivity contribution is 6.00. The van der Waals surface area contributed by atoms with Gasteiger partial charge in [0.15, 0.2) is 0 Å². The first-order chi connectivity index (χ1) is 21.0. The van der Waals surface area contributed by atoms with Gasteiger partial charge in [0.25, 0.3) is 11.8 Å². The molecule has 2 amide bonds. The molecular formula is C36H33N5O2. The van der Waals surface area contributed by atoms with Gasteiger partial charge in [-0.25, -0.2) is 4.98 Å². The molecule has 2 N–H and O–H groups in total. The summed E-state index contributed by atoms with van der Waals surface area (Å²) in [5.41, 5.74) is 10.1. The van der Waals surface area contributed by atoms with Crippen LogP contribution in [0.3, 0.4) is 0 Å². The second-order valence-corrected chi connectivity index (χ2v) is 11.5. The van der Waals surface area contributed by atoms with Crippen molar-refractivity contribution in [2.75, 3.05) is 13.1 Å². The Morgan fingerprint density at radius 3 is 2.37 bits per heavy atom. The zero-order chi connectivity index (χ0) is 29.3. The molecule has 0 bridgehead atoms. The van der Waals surface area contributed by atoms with Crippen molar-refractivity contribution in [1.29, 1.82) is 0 Å². The van der Waals surface area contributed by atoms with Gasteiger partial charge in [0.05, 0.1) is 18.6 Å². The van der Waals surface area contributed by atoms with Gasteiger partial charge in [0.2, 0.25) is 0 Å². The summed E-state index contributed by atoms with van der Waals surface area (Å²) in [6.07, 6.45) is 7.59. The standard InChI is InChI=1S/C36H33N5O2/c37-35(42)34-19-30(33-11-5-9-27-7-3-4-10-32(27)33)22-40(34)23-31-20-38-24-41(31)21-25-14-16-39(17-15-25)36(43)29-13-12-26-6-1-2-8-28(26)18-29/h1-13,18-20,22,24-25H,14-17,21,23H2,(H2,37,42). The zero-order valence-corrected chi connectivity index (χ0v) is 23.9. The number of primary amides is 1. The molecule has 214 valence electrons. The topological polar surface area (TPSA) is 86.2 Å².